The third-order valence-corrected chi connectivity index (χ3v) is 8.75. The predicted octanol–water partition coefficient (Wildman–Crippen LogP) is 11.4. The molecule has 0 saturated heterocycles. The van der Waals surface area contributed by atoms with E-state index in [-0.39, 0.29) is 0 Å². The van der Waals surface area contributed by atoms with Crippen LogP contribution in [0, 0.1) is 0 Å². The Morgan fingerprint density at radius 1 is 0.372 bits per heavy atom. The fourth-order valence-electron chi connectivity index (χ4n) is 6.88. The third kappa shape index (κ3) is 3.63. The molecule has 0 radical (unpaired) electrons. The molecule has 0 fully saturated rings. The second-order valence-corrected chi connectivity index (χ2v) is 11.1. The molecule has 7 aromatic carbocycles. The van der Waals surface area contributed by atoms with Crippen LogP contribution in [0.3, 0.4) is 0 Å². The summed E-state index contributed by atoms with van der Waals surface area (Å²) in [5, 5.41) is 9.59. The second kappa shape index (κ2) is 9.40. The van der Waals surface area contributed by atoms with Gasteiger partial charge in [0.05, 0.1) is 0 Å². The maximum absolute atomic E-state index is 6.07. The van der Waals surface area contributed by atoms with Gasteiger partial charge in [-0.25, -0.2) is 4.98 Å². The maximum atomic E-state index is 6.07. The summed E-state index contributed by atoms with van der Waals surface area (Å²) in [7, 11) is 0. The topological polar surface area (TPSA) is 26.0 Å². The molecule has 0 unspecified atom stereocenters. The van der Waals surface area contributed by atoms with Crippen LogP contribution in [0.25, 0.3) is 87.8 Å². The number of fused-ring (bicyclic) bond motifs is 6. The molecule has 0 N–H and O–H groups in total. The van der Waals surface area contributed by atoms with E-state index in [0.29, 0.717) is 5.71 Å². The number of nitrogens with zero attached hydrogens (tertiary/aromatic N) is 1. The highest BCUT2D eigenvalue weighted by atomic mass is 16.3. The fraction of sp³-hybridized carbons (Fsp3) is 0. The highest BCUT2D eigenvalue weighted by molar-refractivity contribution is 6.24. The van der Waals surface area contributed by atoms with E-state index in [4.69, 9.17) is 4.42 Å². The molecular formula is C41H25NO. The third-order valence-electron chi connectivity index (χ3n) is 8.75. The van der Waals surface area contributed by atoms with Gasteiger partial charge in [0.2, 0.25) is 5.71 Å². The summed E-state index contributed by atoms with van der Waals surface area (Å²) >= 11 is 0. The maximum Gasteiger partial charge on any atom is 0.227 e. The number of hydrogen-bond donors (Lipinski definition) is 0. The quantitative estimate of drug-likeness (QED) is 0.206. The number of hydrogen-bond acceptors (Lipinski definition) is 2. The Morgan fingerprint density at radius 3 is 1.63 bits per heavy atom. The summed E-state index contributed by atoms with van der Waals surface area (Å²) in [4.78, 5) is 4.45. The molecule has 0 bridgehead atoms. The smallest absolute Gasteiger partial charge is 0.227 e. The van der Waals surface area contributed by atoms with Crippen molar-refractivity contribution in [3.05, 3.63) is 152 Å². The van der Waals surface area contributed by atoms with Crippen molar-refractivity contribution in [2.24, 2.45) is 0 Å². The van der Waals surface area contributed by atoms with E-state index < -0.39 is 0 Å². The minimum Gasteiger partial charge on any atom is -0.438 e. The van der Waals surface area contributed by atoms with Crippen molar-refractivity contribution in [2.75, 3.05) is 0 Å². The van der Waals surface area contributed by atoms with E-state index in [1.807, 2.05) is 6.07 Å². The van der Waals surface area contributed by atoms with Crippen LogP contribution in [-0.4, -0.2) is 4.98 Å². The van der Waals surface area contributed by atoms with Crippen LogP contribution in [0.4, 0.5) is 0 Å². The van der Waals surface area contributed by atoms with Gasteiger partial charge in [0.1, 0.15) is 5.58 Å². The summed E-state index contributed by atoms with van der Waals surface area (Å²) in [6.07, 6.45) is 1.78. The number of rotatable bonds is 3. The molecule has 2 heteroatoms. The van der Waals surface area contributed by atoms with E-state index in [0.717, 1.165) is 16.4 Å². The zero-order valence-electron chi connectivity index (χ0n) is 23.3. The van der Waals surface area contributed by atoms with Crippen LogP contribution in [0.2, 0.25) is 0 Å². The molecule has 43 heavy (non-hydrogen) atoms. The first kappa shape index (κ1) is 23.9. The van der Waals surface area contributed by atoms with Gasteiger partial charge in [-0.05, 0) is 90.0 Å². The van der Waals surface area contributed by atoms with Crippen molar-refractivity contribution in [3.63, 3.8) is 0 Å². The lowest BCUT2D eigenvalue weighted by molar-refractivity contribution is 0.654. The molecule has 0 aliphatic carbocycles. The Kier molecular flexibility index (Phi) is 5.23. The van der Waals surface area contributed by atoms with Crippen LogP contribution in [-0.2, 0) is 0 Å². The van der Waals surface area contributed by atoms with Gasteiger partial charge in [-0.1, -0.05) is 121 Å². The molecule has 0 atom stereocenters. The Bertz CT molecular complexity index is 2450. The summed E-state index contributed by atoms with van der Waals surface area (Å²) in [6.45, 7) is 0. The van der Waals surface area contributed by atoms with E-state index in [1.165, 1.54) is 65.7 Å². The van der Waals surface area contributed by atoms with Gasteiger partial charge in [-0.3, -0.25) is 0 Å². The first-order valence-electron chi connectivity index (χ1n) is 14.6. The van der Waals surface area contributed by atoms with Crippen molar-refractivity contribution >= 4 is 54.4 Å². The zero-order valence-corrected chi connectivity index (χ0v) is 23.3. The molecule has 2 aromatic heterocycles. The van der Waals surface area contributed by atoms with Gasteiger partial charge in [-0.15, -0.1) is 0 Å². The van der Waals surface area contributed by atoms with E-state index in [2.05, 4.69) is 145 Å². The molecule has 9 rings (SSSR count). The second-order valence-electron chi connectivity index (χ2n) is 11.1. The molecule has 0 aliphatic heterocycles. The van der Waals surface area contributed by atoms with Crippen molar-refractivity contribution in [1.82, 2.24) is 4.98 Å². The van der Waals surface area contributed by atoms with Gasteiger partial charge in [0, 0.05) is 17.0 Å². The fourth-order valence-corrected chi connectivity index (χ4v) is 6.88. The number of pyridine rings is 1. The van der Waals surface area contributed by atoms with Crippen LogP contribution in [0.1, 0.15) is 0 Å². The number of aromatic nitrogens is 1. The molecule has 2 nitrogen and oxygen atoms in total. The lowest BCUT2D eigenvalue weighted by Crippen LogP contribution is -1.92. The van der Waals surface area contributed by atoms with Crippen LogP contribution in [0.15, 0.2) is 156 Å². The highest BCUT2D eigenvalue weighted by Crippen LogP contribution is 2.47. The van der Waals surface area contributed by atoms with Crippen molar-refractivity contribution in [2.45, 2.75) is 0 Å². The highest BCUT2D eigenvalue weighted by Gasteiger charge is 2.19. The van der Waals surface area contributed by atoms with Gasteiger partial charge >= 0.3 is 0 Å². The van der Waals surface area contributed by atoms with Gasteiger partial charge in [0.25, 0.3) is 0 Å². The van der Waals surface area contributed by atoms with Crippen LogP contribution in [0.5, 0.6) is 0 Å². The SMILES string of the molecule is c1ccc(-c2ccc(-c3c4ccccc4c(-c4ccc5oc6ncccc6c5c4)c4ccccc34)c3ccccc23)cc1. The molecule has 2 heterocycles. The lowest BCUT2D eigenvalue weighted by atomic mass is 9.83. The Morgan fingerprint density at radius 2 is 0.930 bits per heavy atom. The number of benzene rings is 7. The summed E-state index contributed by atoms with van der Waals surface area (Å²) < 4.78 is 6.07. The Hall–Kier alpha value is -5.73. The van der Waals surface area contributed by atoms with Crippen molar-refractivity contribution < 1.29 is 4.42 Å². The van der Waals surface area contributed by atoms with E-state index >= 15 is 0 Å². The molecule has 200 valence electrons. The molecule has 0 aliphatic rings. The lowest BCUT2D eigenvalue weighted by Gasteiger charge is -2.19. The monoisotopic (exact) mass is 547 g/mol. The van der Waals surface area contributed by atoms with Gasteiger partial charge in [0.15, 0.2) is 0 Å². The molecular weight excluding hydrogens is 522 g/mol. The molecule has 9 aromatic rings. The first-order chi connectivity index (χ1) is 21.3. The van der Waals surface area contributed by atoms with E-state index in [1.54, 1.807) is 6.20 Å². The van der Waals surface area contributed by atoms with Crippen molar-refractivity contribution in [3.8, 4) is 33.4 Å². The normalized spacial score (nSPS) is 11.7. The van der Waals surface area contributed by atoms with E-state index in [9.17, 15) is 0 Å². The molecule has 0 saturated carbocycles. The average molecular weight is 548 g/mol. The Balaban J connectivity index is 1.37. The standard InChI is InChI=1S/C41H25NO/c1-2-11-26(12-3-1)28-21-22-35(30-14-5-4-13-29(28)30)40-33-17-8-6-15-31(33)39(32-16-7-9-18-34(32)40)27-20-23-38-37(25-27)36-19-10-24-42-41(36)43-38/h1-25H. The summed E-state index contributed by atoms with van der Waals surface area (Å²) in [6, 6.07) is 52.4. The largest absolute Gasteiger partial charge is 0.438 e. The van der Waals surface area contributed by atoms with Gasteiger partial charge in [-0.2, -0.15) is 0 Å². The van der Waals surface area contributed by atoms with Crippen molar-refractivity contribution in [1.29, 1.82) is 0 Å². The minimum atomic E-state index is 0.672. The Labute approximate surface area is 248 Å². The van der Waals surface area contributed by atoms with Crippen LogP contribution < -0.4 is 0 Å². The van der Waals surface area contributed by atoms with Gasteiger partial charge < -0.3 is 4.42 Å². The molecule has 0 amide bonds. The predicted molar refractivity (Wildman–Crippen MR) is 180 cm³/mol. The number of furan rings is 1. The first-order valence-corrected chi connectivity index (χ1v) is 14.6. The minimum absolute atomic E-state index is 0.672. The molecule has 0 spiro atoms. The zero-order chi connectivity index (χ0) is 28.3. The van der Waals surface area contributed by atoms with Crippen LogP contribution >= 0.6 is 0 Å². The summed E-state index contributed by atoms with van der Waals surface area (Å²) in [5.74, 6) is 0. The summed E-state index contributed by atoms with van der Waals surface area (Å²) in [5.41, 5.74) is 8.93. The average Bonchev–Trinajstić information content (AvgIpc) is 3.45.